The van der Waals surface area contributed by atoms with E-state index in [-0.39, 0.29) is 24.2 Å². The molecule has 2 N–H and O–H groups in total. The van der Waals surface area contributed by atoms with Crippen LogP contribution < -0.4 is 5.32 Å². The molecule has 0 heterocycles. The van der Waals surface area contributed by atoms with Crippen molar-refractivity contribution in [2.24, 2.45) is 11.3 Å². The van der Waals surface area contributed by atoms with E-state index >= 15 is 0 Å². The van der Waals surface area contributed by atoms with Gasteiger partial charge in [0.25, 0.3) is 0 Å². The number of aryl methyl sites for hydroxylation is 1. The number of carboxylic acids is 1. The molecule has 0 radical (unpaired) electrons. The minimum Gasteiger partial charge on any atom is -0.481 e. The third-order valence-electron chi connectivity index (χ3n) is 5.12. The molecule has 0 spiro atoms. The first-order chi connectivity index (χ1) is 11.4. The van der Waals surface area contributed by atoms with Gasteiger partial charge in [-0.15, -0.1) is 0 Å². The Morgan fingerprint density at radius 2 is 1.92 bits per heavy atom. The second-order valence-corrected chi connectivity index (χ2v) is 6.90. The van der Waals surface area contributed by atoms with Gasteiger partial charge in [0.15, 0.2) is 0 Å². The van der Waals surface area contributed by atoms with Crippen molar-refractivity contribution >= 4 is 11.9 Å². The van der Waals surface area contributed by atoms with E-state index in [0.717, 1.165) is 19.3 Å². The van der Waals surface area contributed by atoms with Gasteiger partial charge in [-0.2, -0.15) is 0 Å². The number of aliphatic carboxylic acids is 1. The lowest BCUT2D eigenvalue weighted by Gasteiger charge is -2.33. The van der Waals surface area contributed by atoms with Crippen LogP contribution in [0.2, 0.25) is 0 Å². The molecule has 0 aliphatic heterocycles. The lowest BCUT2D eigenvalue weighted by molar-refractivity contribution is -0.151. The fourth-order valence-corrected chi connectivity index (χ4v) is 3.33. The summed E-state index contributed by atoms with van der Waals surface area (Å²) in [5, 5.41) is 12.3. The molecule has 1 amide bonds. The van der Waals surface area contributed by atoms with Crippen LogP contribution in [0.4, 0.5) is 4.39 Å². The first kappa shape index (κ1) is 18.4. The minimum absolute atomic E-state index is 0.155. The summed E-state index contributed by atoms with van der Waals surface area (Å²) in [4.78, 5) is 23.9. The standard InChI is InChI=1S/C19H26FNO3/c1-14(9-10-15-7-3-4-8-16(15)20)17(22)21-13-19(18(23)24)11-5-2-6-12-19/h3-4,7-8,14H,2,5-6,9-13H2,1H3,(H,21,22)(H,23,24). The average Bonchev–Trinajstić information content (AvgIpc) is 2.59. The Bertz CT molecular complexity index is 582. The van der Waals surface area contributed by atoms with Crippen LogP contribution >= 0.6 is 0 Å². The Hall–Kier alpha value is -1.91. The van der Waals surface area contributed by atoms with Crippen molar-refractivity contribution in [2.45, 2.75) is 51.9 Å². The fourth-order valence-electron chi connectivity index (χ4n) is 3.33. The molecule has 0 saturated heterocycles. The average molecular weight is 335 g/mol. The van der Waals surface area contributed by atoms with Crippen LogP contribution in [0.1, 0.15) is 51.0 Å². The predicted molar refractivity (Wildman–Crippen MR) is 90.0 cm³/mol. The van der Waals surface area contributed by atoms with Crippen molar-refractivity contribution in [3.63, 3.8) is 0 Å². The summed E-state index contributed by atoms with van der Waals surface area (Å²) in [6, 6.07) is 6.56. The summed E-state index contributed by atoms with van der Waals surface area (Å²) in [6.07, 6.45) is 5.11. The lowest BCUT2D eigenvalue weighted by atomic mass is 9.74. The molecule has 1 aromatic rings. The lowest BCUT2D eigenvalue weighted by Crippen LogP contribution is -2.45. The number of nitrogens with one attached hydrogen (secondary N) is 1. The van der Waals surface area contributed by atoms with Gasteiger partial charge in [-0.25, -0.2) is 4.39 Å². The molecule has 24 heavy (non-hydrogen) atoms. The van der Waals surface area contributed by atoms with Gasteiger partial charge >= 0.3 is 5.97 Å². The molecule has 0 bridgehead atoms. The van der Waals surface area contributed by atoms with Crippen molar-refractivity contribution in [1.82, 2.24) is 5.32 Å². The maximum Gasteiger partial charge on any atom is 0.311 e. The zero-order valence-corrected chi connectivity index (χ0v) is 14.2. The van der Waals surface area contributed by atoms with Gasteiger partial charge in [-0.3, -0.25) is 9.59 Å². The normalized spacial score (nSPS) is 17.9. The first-order valence-electron chi connectivity index (χ1n) is 8.69. The van der Waals surface area contributed by atoms with Gasteiger partial charge in [0.2, 0.25) is 5.91 Å². The number of carboxylic acid groups (broad SMARTS) is 1. The van der Waals surface area contributed by atoms with Crippen LogP contribution in [-0.4, -0.2) is 23.5 Å². The van der Waals surface area contributed by atoms with Gasteiger partial charge in [0.1, 0.15) is 5.82 Å². The number of halogens is 1. The van der Waals surface area contributed by atoms with Crippen molar-refractivity contribution in [3.8, 4) is 0 Å². The summed E-state index contributed by atoms with van der Waals surface area (Å²) in [6.45, 7) is 1.98. The fraction of sp³-hybridized carbons (Fsp3) is 0.579. The minimum atomic E-state index is -0.820. The van der Waals surface area contributed by atoms with E-state index in [1.165, 1.54) is 6.07 Å². The number of hydrogen-bond acceptors (Lipinski definition) is 2. The van der Waals surface area contributed by atoms with Crippen molar-refractivity contribution in [2.75, 3.05) is 6.54 Å². The third kappa shape index (κ3) is 4.56. The Morgan fingerprint density at radius 3 is 2.54 bits per heavy atom. The Kier molecular flexibility index (Phi) is 6.35. The molecule has 132 valence electrons. The molecule has 4 nitrogen and oxygen atoms in total. The van der Waals surface area contributed by atoms with E-state index in [1.54, 1.807) is 25.1 Å². The monoisotopic (exact) mass is 335 g/mol. The van der Waals surface area contributed by atoms with Crippen LogP contribution in [0.15, 0.2) is 24.3 Å². The quantitative estimate of drug-likeness (QED) is 0.801. The summed E-state index contributed by atoms with van der Waals surface area (Å²) in [5.74, 6) is -1.50. The highest BCUT2D eigenvalue weighted by Gasteiger charge is 2.39. The highest BCUT2D eigenvalue weighted by molar-refractivity contribution is 5.80. The third-order valence-corrected chi connectivity index (χ3v) is 5.12. The van der Waals surface area contributed by atoms with Crippen LogP contribution in [0, 0.1) is 17.2 Å². The Morgan fingerprint density at radius 1 is 1.25 bits per heavy atom. The second kappa shape index (κ2) is 8.27. The molecule has 1 aliphatic carbocycles. The summed E-state index contributed by atoms with van der Waals surface area (Å²) in [7, 11) is 0. The molecule has 1 unspecified atom stereocenters. The number of carbonyl (C=O) groups is 2. The zero-order chi connectivity index (χ0) is 17.6. The molecule has 1 saturated carbocycles. The van der Waals surface area contributed by atoms with Gasteiger partial charge < -0.3 is 10.4 Å². The number of benzene rings is 1. The van der Waals surface area contributed by atoms with E-state index < -0.39 is 11.4 Å². The SMILES string of the molecule is CC(CCc1ccccc1F)C(=O)NCC1(C(=O)O)CCCCC1. The molecule has 2 rings (SSSR count). The van der Waals surface area contributed by atoms with E-state index in [1.807, 2.05) is 0 Å². The summed E-state index contributed by atoms with van der Waals surface area (Å²) >= 11 is 0. The van der Waals surface area contributed by atoms with E-state index in [9.17, 15) is 19.1 Å². The van der Waals surface area contributed by atoms with E-state index in [0.29, 0.717) is 31.2 Å². The largest absolute Gasteiger partial charge is 0.481 e. The van der Waals surface area contributed by atoms with Gasteiger partial charge in [0, 0.05) is 12.5 Å². The summed E-state index contributed by atoms with van der Waals surface area (Å²) in [5.41, 5.74) is -0.217. The smallest absolute Gasteiger partial charge is 0.311 e. The molecule has 0 aromatic heterocycles. The van der Waals surface area contributed by atoms with Crippen LogP contribution in [0.25, 0.3) is 0 Å². The highest BCUT2D eigenvalue weighted by atomic mass is 19.1. The van der Waals surface area contributed by atoms with E-state index in [4.69, 9.17) is 0 Å². The molecule has 1 aliphatic rings. The van der Waals surface area contributed by atoms with Crippen LogP contribution in [0.5, 0.6) is 0 Å². The summed E-state index contributed by atoms with van der Waals surface area (Å²) < 4.78 is 13.6. The van der Waals surface area contributed by atoms with Crippen LogP contribution in [0.3, 0.4) is 0 Å². The van der Waals surface area contributed by atoms with Crippen molar-refractivity contribution < 1.29 is 19.1 Å². The number of carbonyl (C=O) groups excluding carboxylic acids is 1. The Balaban J connectivity index is 1.85. The Labute approximate surface area is 142 Å². The number of rotatable bonds is 7. The molecule has 5 heteroatoms. The van der Waals surface area contributed by atoms with Crippen molar-refractivity contribution in [3.05, 3.63) is 35.6 Å². The molecule has 1 fully saturated rings. The molecular formula is C19H26FNO3. The predicted octanol–water partition coefficient (Wildman–Crippen LogP) is 3.55. The number of amides is 1. The molecule has 1 atom stereocenters. The number of hydrogen-bond donors (Lipinski definition) is 2. The van der Waals surface area contributed by atoms with Crippen molar-refractivity contribution in [1.29, 1.82) is 0 Å². The van der Waals surface area contributed by atoms with Gasteiger partial charge in [-0.05, 0) is 37.3 Å². The van der Waals surface area contributed by atoms with Crippen LogP contribution in [-0.2, 0) is 16.0 Å². The second-order valence-electron chi connectivity index (χ2n) is 6.90. The van der Waals surface area contributed by atoms with E-state index in [2.05, 4.69) is 5.32 Å². The van der Waals surface area contributed by atoms with Gasteiger partial charge in [-0.1, -0.05) is 44.4 Å². The van der Waals surface area contributed by atoms with Gasteiger partial charge in [0.05, 0.1) is 5.41 Å². The highest BCUT2D eigenvalue weighted by Crippen LogP contribution is 2.36. The maximum absolute atomic E-state index is 13.6. The zero-order valence-electron chi connectivity index (χ0n) is 14.2. The maximum atomic E-state index is 13.6. The first-order valence-corrected chi connectivity index (χ1v) is 8.69. The topological polar surface area (TPSA) is 66.4 Å². The molecule has 1 aromatic carbocycles. The molecular weight excluding hydrogens is 309 g/mol.